The summed E-state index contributed by atoms with van der Waals surface area (Å²) in [5.41, 5.74) is 1.06. The van der Waals surface area contributed by atoms with Crippen LogP contribution >= 0.6 is 11.6 Å². The van der Waals surface area contributed by atoms with Crippen molar-refractivity contribution in [3.8, 4) is 5.75 Å². The second kappa shape index (κ2) is 10.5. The maximum atomic E-state index is 12.4. The summed E-state index contributed by atoms with van der Waals surface area (Å²) in [6, 6.07) is 10.6. The van der Waals surface area contributed by atoms with Crippen LogP contribution in [0.1, 0.15) is 13.3 Å². The van der Waals surface area contributed by atoms with Crippen molar-refractivity contribution in [1.29, 1.82) is 0 Å². The van der Waals surface area contributed by atoms with Crippen molar-refractivity contribution < 1.29 is 19.2 Å². The van der Waals surface area contributed by atoms with Crippen LogP contribution in [-0.4, -0.2) is 43.5 Å². The molecule has 1 aromatic carbocycles. The molecule has 1 aromatic heterocycles. The van der Waals surface area contributed by atoms with E-state index in [0.29, 0.717) is 23.7 Å². The van der Waals surface area contributed by atoms with Crippen molar-refractivity contribution in [3.05, 3.63) is 47.7 Å². The van der Waals surface area contributed by atoms with Gasteiger partial charge in [-0.15, -0.1) is 0 Å². The first kappa shape index (κ1) is 20.7. The van der Waals surface area contributed by atoms with Crippen LogP contribution in [0.2, 0.25) is 5.15 Å². The standard InChI is InChI=1S/C19H23ClN4O3/c1-3-11-24(13-18(26)23-15-8-6-10-21-19(15)20)12-17(25)22-14-7-4-5-9-16(14)27-2/h4-10H,3,11-13H2,1-2H3,(H,22,25)(H,23,26)/p+1. The number of ether oxygens (including phenoxy) is 1. The number of halogens is 1. The number of quaternary nitrogens is 1. The molecule has 27 heavy (non-hydrogen) atoms. The maximum Gasteiger partial charge on any atom is 0.279 e. The van der Waals surface area contributed by atoms with E-state index in [2.05, 4.69) is 15.6 Å². The van der Waals surface area contributed by atoms with Crippen LogP contribution in [0.15, 0.2) is 42.6 Å². The van der Waals surface area contributed by atoms with E-state index in [1.807, 2.05) is 19.1 Å². The van der Waals surface area contributed by atoms with Crippen LogP contribution in [0.5, 0.6) is 5.75 Å². The molecule has 2 rings (SSSR count). The number of rotatable bonds is 9. The van der Waals surface area contributed by atoms with Crippen molar-refractivity contribution in [1.82, 2.24) is 4.98 Å². The van der Waals surface area contributed by atoms with Crippen molar-refractivity contribution >= 4 is 34.8 Å². The lowest BCUT2D eigenvalue weighted by molar-refractivity contribution is -0.883. The van der Waals surface area contributed by atoms with E-state index in [4.69, 9.17) is 16.3 Å². The quantitative estimate of drug-likeness (QED) is 0.567. The molecule has 0 saturated heterocycles. The van der Waals surface area contributed by atoms with Crippen molar-refractivity contribution in [3.63, 3.8) is 0 Å². The second-order valence-corrected chi connectivity index (χ2v) is 6.35. The highest BCUT2D eigenvalue weighted by atomic mass is 35.5. The third kappa shape index (κ3) is 6.54. The number of hydrogen-bond acceptors (Lipinski definition) is 4. The highest BCUT2D eigenvalue weighted by molar-refractivity contribution is 6.32. The molecule has 0 bridgehead atoms. The molecule has 2 amide bonds. The first-order chi connectivity index (χ1) is 13.0. The molecule has 1 atom stereocenters. The first-order valence-electron chi connectivity index (χ1n) is 8.70. The predicted molar refractivity (Wildman–Crippen MR) is 105 cm³/mol. The minimum Gasteiger partial charge on any atom is -0.495 e. The first-order valence-corrected chi connectivity index (χ1v) is 9.08. The molecule has 3 N–H and O–H groups in total. The topological polar surface area (TPSA) is 84.8 Å². The summed E-state index contributed by atoms with van der Waals surface area (Å²) < 4.78 is 5.24. The van der Waals surface area contributed by atoms with Gasteiger partial charge in [0.05, 0.1) is 25.0 Å². The molecule has 144 valence electrons. The number of aromatic nitrogens is 1. The molecule has 0 fully saturated rings. The summed E-state index contributed by atoms with van der Waals surface area (Å²) in [5.74, 6) is 0.181. The van der Waals surface area contributed by atoms with Gasteiger partial charge in [-0.1, -0.05) is 30.7 Å². The lowest BCUT2D eigenvalue weighted by atomic mass is 10.3. The van der Waals surface area contributed by atoms with E-state index in [1.54, 1.807) is 37.6 Å². The highest BCUT2D eigenvalue weighted by Crippen LogP contribution is 2.22. The van der Waals surface area contributed by atoms with Crippen molar-refractivity contribution in [2.24, 2.45) is 0 Å². The van der Waals surface area contributed by atoms with Gasteiger partial charge in [0.15, 0.2) is 18.2 Å². The third-order valence-electron chi connectivity index (χ3n) is 3.84. The van der Waals surface area contributed by atoms with Gasteiger partial charge in [-0.3, -0.25) is 9.59 Å². The Morgan fingerprint density at radius 1 is 1.07 bits per heavy atom. The van der Waals surface area contributed by atoms with Gasteiger partial charge in [0.2, 0.25) is 0 Å². The fraction of sp³-hybridized carbons (Fsp3) is 0.316. The van der Waals surface area contributed by atoms with Gasteiger partial charge in [-0.25, -0.2) is 4.98 Å². The summed E-state index contributed by atoms with van der Waals surface area (Å²) in [6.45, 7) is 3.01. The lowest BCUT2D eigenvalue weighted by Gasteiger charge is -2.18. The maximum absolute atomic E-state index is 12.4. The monoisotopic (exact) mass is 391 g/mol. The van der Waals surface area contributed by atoms with E-state index >= 15 is 0 Å². The SMILES string of the molecule is CCC[NH+](CC(=O)Nc1ccccc1OC)CC(=O)Nc1cccnc1Cl. The highest BCUT2D eigenvalue weighted by Gasteiger charge is 2.19. The van der Waals surface area contributed by atoms with Crippen LogP contribution in [0.25, 0.3) is 0 Å². The molecule has 1 heterocycles. The van der Waals surface area contributed by atoms with Crippen LogP contribution in [-0.2, 0) is 9.59 Å². The minimum absolute atomic E-state index is 0.151. The number of hydrogen-bond donors (Lipinski definition) is 3. The second-order valence-electron chi connectivity index (χ2n) is 5.99. The molecule has 0 aliphatic carbocycles. The van der Waals surface area contributed by atoms with E-state index in [9.17, 15) is 9.59 Å². The summed E-state index contributed by atoms with van der Waals surface area (Å²) in [4.78, 5) is 29.5. The molecule has 8 heteroatoms. The largest absolute Gasteiger partial charge is 0.495 e. The Bertz CT molecular complexity index is 785. The number of nitrogens with one attached hydrogen (secondary N) is 3. The lowest BCUT2D eigenvalue weighted by Crippen LogP contribution is -3.14. The molecule has 0 aliphatic heterocycles. The zero-order valence-electron chi connectivity index (χ0n) is 15.4. The smallest absolute Gasteiger partial charge is 0.279 e. The summed E-state index contributed by atoms with van der Waals surface area (Å²) in [5, 5.41) is 5.80. The Morgan fingerprint density at radius 2 is 1.70 bits per heavy atom. The Labute approximate surface area is 163 Å². The van der Waals surface area contributed by atoms with E-state index in [1.165, 1.54) is 0 Å². The Kier molecular flexibility index (Phi) is 8.03. The fourth-order valence-electron chi connectivity index (χ4n) is 2.66. The summed E-state index contributed by atoms with van der Waals surface area (Å²) >= 11 is 5.96. The fourth-order valence-corrected chi connectivity index (χ4v) is 2.83. The Morgan fingerprint density at radius 3 is 2.33 bits per heavy atom. The minimum atomic E-state index is -0.224. The number of carbonyl (C=O) groups excluding carboxylic acids is 2. The van der Waals surface area contributed by atoms with Crippen LogP contribution < -0.4 is 20.3 Å². The van der Waals surface area contributed by atoms with Gasteiger partial charge >= 0.3 is 0 Å². The molecule has 2 aromatic rings. The molecule has 7 nitrogen and oxygen atoms in total. The average molecular weight is 392 g/mol. The number of para-hydroxylation sites is 2. The van der Waals surface area contributed by atoms with Crippen molar-refractivity contribution in [2.45, 2.75) is 13.3 Å². The van der Waals surface area contributed by atoms with Crippen LogP contribution in [0, 0.1) is 0 Å². The van der Waals surface area contributed by atoms with Gasteiger partial charge in [0.25, 0.3) is 11.8 Å². The Hall–Kier alpha value is -2.64. The number of nitrogens with zero attached hydrogens (tertiary/aromatic N) is 1. The molecule has 0 radical (unpaired) electrons. The van der Waals surface area contributed by atoms with Gasteiger partial charge in [0, 0.05) is 6.20 Å². The molecule has 0 aliphatic rings. The molecule has 1 unspecified atom stereocenters. The molecular weight excluding hydrogens is 368 g/mol. The Balaban J connectivity index is 1.95. The predicted octanol–water partition coefficient (Wildman–Crippen LogP) is 1.62. The summed E-state index contributed by atoms with van der Waals surface area (Å²) in [7, 11) is 1.55. The molecular formula is C19H24ClN4O3+. The van der Waals surface area contributed by atoms with Gasteiger partial charge < -0.3 is 20.3 Å². The van der Waals surface area contributed by atoms with E-state index < -0.39 is 0 Å². The number of carbonyl (C=O) groups is 2. The number of methoxy groups -OCH3 is 1. The number of benzene rings is 1. The van der Waals surface area contributed by atoms with Gasteiger partial charge in [0.1, 0.15) is 5.75 Å². The zero-order chi connectivity index (χ0) is 19.6. The van der Waals surface area contributed by atoms with Crippen LogP contribution in [0.4, 0.5) is 11.4 Å². The van der Waals surface area contributed by atoms with E-state index in [-0.39, 0.29) is 30.1 Å². The van der Waals surface area contributed by atoms with Gasteiger partial charge in [-0.2, -0.15) is 0 Å². The van der Waals surface area contributed by atoms with E-state index in [0.717, 1.165) is 11.3 Å². The number of pyridine rings is 1. The number of amides is 2. The summed E-state index contributed by atoms with van der Waals surface area (Å²) in [6.07, 6.45) is 2.40. The van der Waals surface area contributed by atoms with Crippen molar-refractivity contribution in [2.75, 3.05) is 37.4 Å². The molecule has 0 saturated carbocycles. The van der Waals surface area contributed by atoms with Gasteiger partial charge in [-0.05, 0) is 30.7 Å². The number of anilines is 2. The zero-order valence-corrected chi connectivity index (χ0v) is 16.2. The average Bonchev–Trinajstić information content (AvgIpc) is 2.64. The molecule has 0 spiro atoms. The normalized spacial score (nSPS) is 11.5. The van der Waals surface area contributed by atoms with Crippen LogP contribution in [0.3, 0.4) is 0 Å². The third-order valence-corrected chi connectivity index (χ3v) is 4.14.